The Balaban J connectivity index is 2.19. The molecule has 0 saturated carbocycles. The number of carbonyl (C=O) groups excluding carboxylic acids is 1. The maximum absolute atomic E-state index is 11.2. The molecule has 1 heterocycles. The molecule has 0 amide bonds. The average molecular weight is 203 g/mol. The Morgan fingerprint density at radius 2 is 2.33 bits per heavy atom. The van der Waals surface area contributed by atoms with Crippen molar-refractivity contribution in [3.63, 3.8) is 0 Å². The minimum Gasteiger partial charge on any atom is -0.457 e. The van der Waals surface area contributed by atoms with Crippen molar-refractivity contribution in [2.75, 3.05) is 6.54 Å². The summed E-state index contributed by atoms with van der Waals surface area (Å²) in [6.45, 7) is 1.05. The van der Waals surface area contributed by atoms with Crippen molar-refractivity contribution in [2.45, 2.75) is 13.0 Å². The molecule has 0 bridgehead atoms. The second kappa shape index (κ2) is 4.28. The van der Waals surface area contributed by atoms with E-state index in [-0.39, 0.29) is 5.97 Å². The van der Waals surface area contributed by atoms with Crippen LogP contribution in [0.15, 0.2) is 24.3 Å². The quantitative estimate of drug-likeness (QED) is 0.761. The molecular formula is C12H13NO2. The predicted molar refractivity (Wildman–Crippen MR) is 58.3 cm³/mol. The highest BCUT2D eigenvalue weighted by atomic mass is 16.5. The monoisotopic (exact) mass is 203 g/mol. The minimum absolute atomic E-state index is 0.220. The van der Waals surface area contributed by atoms with Crippen LogP contribution in [0.2, 0.25) is 0 Å². The van der Waals surface area contributed by atoms with Gasteiger partial charge in [-0.3, -0.25) is 0 Å². The summed E-state index contributed by atoms with van der Waals surface area (Å²) in [5.74, 6) is -0.220. The van der Waals surface area contributed by atoms with Gasteiger partial charge in [0.15, 0.2) is 0 Å². The molecule has 1 aromatic rings. The van der Waals surface area contributed by atoms with Gasteiger partial charge in [0.2, 0.25) is 0 Å². The summed E-state index contributed by atoms with van der Waals surface area (Å²) in [7, 11) is 0. The van der Waals surface area contributed by atoms with Crippen molar-refractivity contribution in [3.8, 4) is 0 Å². The SMILES string of the molecule is NCCC=Cc1ccc2c(c1)COC2=O. The first-order valence-electron chi connectivity index (χ1n) is 4.98. The van der Waals surface area contributed by atoms with Gasteiger partial charge in [-0.1, -0.05) is 18.2 Å². The molecule has 78 valence electrons. The molecule has 0 aliphatic carbocycles. The van der Waals surface area contributed by atoms with Gasteiger partial charge in [-0.05, 0) is 30.7 Å². The number of rotatable bonds is 3. The van der Waals surface area contributed by atoms with Crippen molar-refractivity contribution in [2.24, 2.45) is 5.73 Å². The predicted octanol–water partition coefficient (Wildman–Crippen LogP) is 1.72. The first-order valence-corrected chi connectivity index (χ1v) is 4.98. The molecule has 0 fully saturated rings. The maximum atomic E-state index is 11.2. The third-order valence-corrected chi connectivity index (χ3v) is 2.35. The summed E-state index contributed by atoms with van der Waals surface area (Å²) in [6, 6.07) is 5.71. The van der Waals surface area contributed by atoms with E-state index in [9.17, 15) is 4.79 Å². The number of nitrogens with two attached hydrogens (primary N) is 1. The number of ether oxygens (including phenoxy) is 1. The van der Waals surface area contributed by atoms with Gasteiger partial charge in [0.25, 0.3) is 0 Å². The zero-order chi connectivity index (χ0) is 10.7. The zero-order valence-electron chi connectivity index (χ0n) is 8.40. The number of hydrogen-bond donors (Lipinski definition) is 1. The van der Waals surface area contributed by atoms with E-state index in [4.69, 9.17) is 10.5 Å². The van der Waals surface area contributed by atoms with Crippen LogP contribution in [0.4, 0.5) is 0 Å². The lowest BCUT2D eigenvalue weighted by Gasteiger charge is -1.96. The highest BCUT2D eigenvalue weighted by Gasteiger charge is 2.20. The fraction of sp³-hybridized carbons (Fsp3) is 0.250. The molecule has 2 N–H and O–H groups in total. The topological polar surface area (TPSA) is 52.3 Å². The van der Waals surface area contributed by atoms with Crippen molar-refractivity contribution in [1.29, 1.82) is 0 Å². The largest absolute Gasteiger partial charge is 0.457 e. The molecule has 0 radical (unpaired) electrons. The van der Waals surface area contributed by atoms with Crippen LogP contribution in [0.1, 0.15) is 27.9 Å². The van der Waals surface area contributed by atoms with E-state index in [1.54, 1.807) is 0 Å². The molecule has 1 aliphatic rings. The van der Waals surface area contributed by atoms with Gasteiger partial charge in [-0.15, -0.1) is 0 Å². The number of benzene rings is 1. The van der Waals surface area contributed by atoms with E-state index in [1.165, 1.54) is 0 Å². The summed E-state index contributed by atoms with van der Waals surface area (Å²) in [6.07, 6.45) is 4.90. The van der Waals surface area contributed by atoms with Crippen LogP contribution in [-0.4, -0.2) is 12.5 Å². The second-order valence-electron chi connectivity index (χ2n) is 3.47. The Kier molecular flexibility index (Phi) is 2.83. The maximum Gasteiger partial charge on any atom is 0.338 e. The Bertz CT molecular complexity index is 410. The molecule has 0 unspecified atom stereocenters. The van der Waals surface area contributed by atoms with E-state index in [2.05, 4.69) is 0 Å². The first kappa shape index (κ1) is 9.93. The van der Waals surface area contributed by atoms with Gasteiger partial charge in [-0.25, -0.2) is 4.79 Å². The fourth-order valence-electron chi connectivity index (χ4n) is 1.57. The molecule has 0 saturated heterocycles. The van der Waals surface area contributed by atoms with Gasteiger partial charge < -0.3 is 10.5 Å². The smallest absolute Gasteiger partial charge is 0.338 e. The molecule has 0 spiro atoms. The summed E-state index contributed by atoms with van der Waals surface area (Å²) < 4.78 is 4.92. The second-order valence-corrected chi connectivity index (χ2v) is 3.47. The van der Waals surface area contributed by atoms with Crippen LogP contribution < -0.4 is 5.73 Å². The molecule has 1 aromatic carbocycles. The summed E-state index contributed by atoms with van der Waals surface area (Å²) in [5.41, 5.74) is 8.12. The normalized spacial score (nSPS) is 14.3. The van der Waals surface area contributed by atoms with Gasteiger partial charge in [0.1, 0.15) is 6.61 Å². The molecule has 2 rings (SSSR count). The molecule has 3 nitrogen and oxygen atoms in total. The van der Waals surface area contributed by atoms with Gasteiger partial charge >= 0.3 is 5.97 Å². The van der Waals surface area contributed by atoms with E-state index in [0.29, 0.717) is 18.7 Å². The molecule has 1 aliphatic heterocycles. The minimum atomic E-state index is -0.220. The van der Waals surface area contributed by atoms with Crippen LogP contribution in [0.5, 0.6) is 0 Å². The molecular weight excluding hydrogens is 190 g/mol. The number of hydrogen-bond acceptors (Lipinski definition) is 3. The molecule has 3 heteroatoms. The van der Waals surface area contributed by atoms with Crippen LogP contribution in [-0.2, 0) is 11.3 Å². The highest BCUT2D eigenvalue weighted by molar-refractivity contribution is 5.93. The number of carbonyl (C=O) groups is 1. The van der Waals surface area contributed by atoms with E-state index >= 15 is 0 Å². The van der Waals surface area contributed by atoms with Crippen molar-refractivity contribution in [3.05, 3.63) is 41.0 Å². The van der Waals surface area contributed by atoms with Crippen molar-refractivity contribution < 1.29 is 9.53 Å². The number of fused-ring (bicyclic) bond motifs is 1. The lowest BCUT2D eigenvalue weighted by atomic mass is 10.1. The lowest BCUT2D eigenvalue weighted by Crippen LogP contribution is -1.95. The Hall–Kier alpha value is -1.61. The molecule has 0 atom stereocenters. The Morgan fingerprint density at radius 3 is 3.13 bits per heavy atom. The zero-order valence-corrected chi connectivity index (χ0v) is 8.40. The van der Waals surface area contributed by atoms with Crippen LogP contribution in [0.25, 0.3) is 6.08 Å². The van der Waals surface area contributed by atoms with Crippen molar-refractivity contribution in [1.82, 2.24) is 0 Å². The third kappa shape index (κ3) is 2.07. The van der Waals surface area contributed by atoms with Crippen molar-refractivity contribution >= 4 is 12.0 Å². The van der Waals surface area contributed by atoms with E-state index in [0.717, 1.165) is 17.5 Å². The van der Waals surface area contributed by atoms with Crippen LogP contribution in [0.3, 0.4) is 0 Å². The van der Waals surface area contributed by atoms with E-state index in [1.807, 2.05) is 30.4 Å². The van der Waals surface area contributed by atoms with Crippen LogP contribution in [0, 0.1) is 0 Å². The first-order chi connectivity index (χ1) is 7.31. The van der Waals surface area contributed by atoms with Gasteiger partial charge in [0, 0.05) is 5.56 Å². The fourth-order valence-corrected chi connectivity index (χ4v) is 1.57. The molecule has 0 aromatic heterocycles. The third-order valence-electron chi connectivity index (χ3n) is 2.35. The van der Waals surface area contributed by atoms with Gasteiger partial charge in [0.05, 0.1) is 5.56 Å². The summed E-state index contributed by atoms with van der Waals surface area (Å²) >= 11 is 0. The Morgan fingerprint density at radius 1 is 1.47 bits per heavy atom. The lowest BCUT2D eigenvalue weighted by molar-refractivity contribution is 0.0535. The summed E-state index contributed by atoms with van der Waals surface area (Å²) in [5, 5.41) is 0. The van der Waals surface area contributed by atoms with Gasteiger partial charge in [-0.2, -0.15) is 0 Å². The number of esters is 1. The summed E-state index contributed by atoms with van der Waals surface area (Å²) in [4.78, 5) is 11.2. The van der Waals surface area contributed by atoms with Crippen LogP contribution >= 0.6 is 0 Å². The average Bonchev–Trinajstić information content (AvgIpc) is 2.61. The Labute approximate surface area is 88.5 Å². The standard InChI is InChI=1S/C12H13NO2/c13-6-2-1-3-9-4-5-11-10(7-9)8-15-12(11)14/h1,3-5,7H,2,6,8,13H2. The highest BCUT2D eigenvalue weighted by Crippen LogP contribution is 2.21. The van der Waals surface area contributed by atoms with E-state index < -0.39 is 0 Å². The molecule has 15 heavy (non-hydrogen) atoms. The number of cyclic esters (lactones) is 1.